The minimum Gasteiger partial charge on any atom is -0.497 e. The first-order chi connectivity index (χ1) is 15.7. The topological polar surface area (TPSA) is 42.4 Å². The van der Waals surface area contributed by atoms with Gasteiger partial charge in [0.1, 0.15) is 5.75 Å². The third-order valence-corrected chi connectivity index (χ3v) is 6.28. The summed E-state index contributed by atoms with van der Waals surface area (Å²) in [5.41, 5.74) is 3.79. The fourth-order valence-electron chi connectivity index (χ4n) is 3.59. The Morgan fingerprint density at radius 1 is 0.938 bits per heavy atom. The molecule has 0 unspecified atom stereocenters. The van der Waals surface area contributed by atoms with E-state index in [-0.39, 0.29) is 5.91 Å². The summed E-state index contributed by atoms with van der Waals surface area (Å²) in [6.45, 7) is 2.16. The summed E-state index contributed by atoms with van der Waals surface area (Å²) in [6, 6.07) is 27.6. The average Bonchev–Trinajstić information content (AvgIpc) is 3.24. The minimum atomic E-state index is -0.0159. The number of amides is 1. The van der Waals surface area contributed by atoms with E-state index in [9.17, 15) is 4.79 Å². The van der Waals surface area contributed by atoms with Gasteiger partial charge in [0.15, 0.2) is 5.13 Å². The van der Waals surface area contributed by atoms with Gasteiger partial charge in [-0.2, -0.15) is 0 Å². The smallest absolute Gasteiger partial charge is 0.237 e. The minimum absolute atomic E-state index is 0.0159. The highest BCUT2D eigenvalue weighted by molar-refractivity contribution is 7.16. The zero-order valence-corrected chi connectivity index (χ0v) is 19.1. The molecule has 4 rings (SSSR count). The number of aromatic nitrogens is 1. The molecule has 0 saturated heterocycles. The normalized spacial score (nSPS) is 10.7. The van der Waals surface area contributed by atoms with E-state index in [1.165, 1.54) is 4.88 Å². The summed E-state index contributed by atoms with van der Waals surface area (Å²) in [6.07, 6.45) is 2.24. The molecule has 1 heterocycles. The van der Waals surface area contributed by atoms with Gasteiger partial charge in [0.05, 0.1) is 24.9 Å². The van der Waals surface area contributed by atoms with Crippen LogP contribution in [0.3, 0.4) is 0 Å². The van der Waals surface area contributed by atoms with Gasteiger partial charge in [0.25, 0.3) is 0 Å². The van der Waals surface area contributed by atoms with Crippen LogP contribution in [0.25, 0.3) is 11.3 Å². The molecule has 3 aromatic carbocycles. The Kier molecular flexibility index (Phi) is 6.97. The van der Waals surface area contributed by atoms with E-state index in [0.29, 0.717) is 11.6 Å². The highest BCUT2D eigenvalue weighted by Crippen LogP contribution is 2.38. The van der Waals surface area contributed by atoms with Crippen molar-refractivity contribution >= 4 is 28.1 Å². The molecule has 32 heavy (non-hydrogen) atoms. The third kappa shape index (κ3) is 4.89. The number of carbonyl (C=O) groups is 1. The molecule has 0 aliphatic rings. The van der Waals surface area contributed by atoms with Gasteiger partial charge in [0.2, 0.25) is 5.91 Å². The van der Waals surface area contributed by atoms with Crippen molar-refractivity contribution < 1.29 is 9.53 Å². The lowest BCUT2D eigenvalue weighted by atomic mass is 10.1. The van der Waals surface area contributed by atoms with Crippen LogP contribution in [-0.2, 0) is 17.6 Å². The van der Waals surface area contributed by atoms with E-state index in [4.69, 9.17) is 9.72 Å². The molecular weight excluding hydrogens is 416 g/mol. The fourth-order valence-corrected chi connectivity index (χ4v) is 4.82. The van der Waals surface area contributed by atoms with Gasteiger partial charge in [-0.15, -0.1) is 11.3 Å². The summed E-state index contributed by atoms with van der Waals surface area (Å²) in [5.74, 6) is 0.734. The lowest BCUT2D eigenvalue weighted by Crippen LogP contribution is -2.27. The Labute approximate surface area is 193 Å². The van der Waals surface area contributed by atoms with Crippen molar-refractivity contribution in [2.45, 2.75) is 26.2 Å². The van der Waals surface area contributed by atoms with Crippen LogP contribution >= 0.6 is 11.3 Å². The van der Waals surface area contributed by atoms with Crippen molar-refractivity contribution in [3.63, 3.8) is 0 Å². The molecule has 4 nitrogen and oxygen atoms in total. The van der Waals surface area contributed by atoms with Crippen molar-refractivity contribution in [3.8, 4) is 17.0 Å². The first kappa shape index (κ1) is 21.8. The summed E-state index contributed by atoms with van der Waals surface area (Å²) < 4.78 is 5.31. The maximum atomic E-state index is 13.5. The van der Waals surface area contributed by atoms with Crippen molar-refractivity contribution in [2.75, 3.05) is 12.0 Å². The van der Waals surface area contributed by atoms with Crippen LogP contribution < -0.4 is 9.64 Å². The number of anilines is 2. The van der Waals surface area contributed by atoms with Crippen molar-refractivity contribution in [3.05, 3.63) is 95.4 Å². The molecule has 1 amide bonds. The molecule has 0 fully saturated rings. The molecule has 0 radical (unpaired) electrons. The number of ether oxygens (including phenoxy) is 1. The first-order valence-corrected chi connectivity index (χ1v) is 11.6. The molecule has 4 aromatic rings. The molecule has 162 valence electrons. The second-order valence-electron chi connectivity index (χ2n) is 7.47. The number of aryl methyl sites for hydroxylation is 1. The maximum Gasteiger partial charge on any atom is 0.237 e. The highest BCUT2D eigenvalue weighted by atomic mass is 32.1. The summed E-state index contributed by atoms with van der Waals surface area (Å²) >= 11 is 1.59. The van der Waals surface area contributed by atoms with Crippen LogP contribution in [0.15, 0.2) is 84.9 Å². The molecule has 1 aromatic heterocycles. The first-order valence-electron chi connectivity index (χ1n) is 10.8. The molecule has 5 heteroatoms. The van der Waals surface area contributed by atoms with Gasteiger partial charge in [0, 0.05) is 10.4 Å². The number of benzene rings is 3. The molecular formula is C27H26N2O2S. The summed E-state index contributed by atoms with van der Waals surface area (Å²) in [7, 11) is 1.64. The van der Waals surface area contributed by atoms with Crippen LogP contribution in [0.5, 0.6) is 5.75 Å². The predicted octanol–water partition coefficient (Wildman–Crippen LogP) is 6.68. The molecule has 0 saturated carbocycles. The van der Waals surface area contributed by atoms with Gasteiger partial charge in [-0.05, 0) is 36.2 Å². The molecule has 0 atom stereocenters. The Hall–Kier alpha value is -3.44. The second kappa shape index (κ2) is 10.2. The van der Waals surface area contributed by atoms with Gasteiger partial charge in [-0.3, -0.25) is 9.69 Å². The summed E-state index contributed by atoms with van der Waals surface area (Å²) in [4.78, 5) is 21.5. The SMILES string of the molecule is CCCc1sc(N(C(=O)Cc2ccccc2)c2ccc(OC)cc2)nc1-c1ccccc1. The van der Waals surface area contributed by atoms with Crippen LogP contribution in [0.2, 0.25) is 0 Å². The van der Waals surface area contributed by atoms with E-state index >= 15 is 0 Å². The Morgan fingerprint density at radius 2 is 1.59 bits per heavy atom. The lowest BCUT2D eigenvalue weighted by Gasteiger charge is -2.20. The predicted molar refractivity (Wildman–Crippen MR) is 132 cm³/mol. The van der Waals surface area contributed by atoms with Crippen molar-refractivity contribution in [1.82, 2.24) is 4.98 Å². The molecule has 0 aliphatic carbocycles. The van der Waals surface area contributed by atoms with E-state index in [0.717, 1.165) is 41.1 Å². The highest BCUT2D eigenvalue weighted by Gasteiger charge is 2.24. The largest absolute Gasteiger partial charge is 0.497 e. The fraction of sp³-hybridized carbons (Fsp3) is 0.185. The number of carbonyl (C=O) groups excluding carboxylic acids is 1. The number of methoxy groups -OCH3 is 1. The van der Waals surface area contributed by atoms with E-state index in [1.54, 1.807) is 23.3 Å². The van der Waals surface area contributed by atoms with Gasteiger partial charge >= 0.3 is 0 Å². The molecule has 0 N–H and O–H groups in total. The van der Waals surface area contributed by atoms with Crippen molar-refractivity contribution in [1.29, 1.82) is 0 Å². The van der Waals surface area contributed by atoms with Gasteiger partial charge in [-0.25, -0.2) is 4.98 Å². The Morgan fingerprint density at radius 3 is 2.22 bits per heavy atom. The molecule has 0 aliphatic heterocycles. The van der Waals surface area contributed by atoms with Gasteiger partial charge < -0.3 is 4.74 Å². The monoisotopic (exact) mass is 442 g/mol. The lowest BCUT2D eigenvalue weighted by molar-refractivity contribution is -0.117. The number of rotatable bonds is 8. The second-order valence-corrected chi connectivity index (χ2v) is 8.54. The molecule has 0 spiro atoms. The average molecular weight is 443 g/mol. The van der Waals surface area contributed by atoms with Crippen LogP contribution in [-0.4, -0.2) is 18.0 Å². The van der Waals surface area contributed by atoms with E-state index in [2.05, 4.69) is 19.1 Å². The third-order valence-electron chi connectivity index (χ3n) is 5.18. The standard InChI is InChI=1S/C27H26N2O2S/c1-3-10-24-26(21-13-8-5-9-14-21)28-27(32-24)29(22-15-17-23(31-2)18-16-22)25(30)19-20-11-6-4-7-12-20/h4-9,11-18H,3,10,19H2,1-2H3. The number of thiazole rings is 1. The van der Waals surface area contributed by atoms with Gasteiger partial charge in [-0.1, -0.05) is 74.0 Å². The van der Waals surface area contributed by atoms with Crippen LogP contribution in [0.4, 0.5) is 10.8 Å². The van der Waals surface area contributed by atoms with Crippen molar-refractivity contribution in [2.24, 2.45) is 0 Å². The number of nitrogens with zero attached hydrogens (tertiary/aromatic N) is 2. The van der Waals surface area contributed by atoms with Crippen LogP contribution in [0.1, 0.15) is 23.8 Å². The zero-order chi connectivity index (χ0) is 22.3. The Balaban J connectivity index is 1.77. The summed E-state index contributed by atoms with van der Waals surface area (Å²) in [5, 5.41) is 0.693. The maximum absolute atomic E-state index is 13.5. The number of hydrogen-bond donors (Lipinski definition) is 0. The van der Waals surface area contributed by atoms with E-state index in [1.807, 2.05) is 72.8 Å². The molecule has 0 bridgehead atoms. The quantitative estimate of drug-likeness (QED) is 0.306. The number of hydrogen-bond acceptors (Lipinski definition) is 4. The van der Waals surface area contributed by atoms with E-state index < -0.39 is 0 Å². The van der Waals surface area contributed by atoms with Crippen LogP contribution in [0, 0.1) is 0 Å². The zero-order valence-electron chi connectivity index (χ0n) is 18.3. The Bertz CT molecular complexity index is 1160.